The Morgan fingerprint density at radius 3 is 1.53 bits per heavy atom. The Kier molecular flexibility index (Phi) is 20.1. The van der Waals surface area contributed by atoms with Gasteiger partial charge in [-0.15, -0.1) is 0 Å². The zero-order chi connectivity index (χ0) is 39.9. The highest BCUT2D eigenvalue weighted by Crippen LogP contribution is 2.16. The van der Waals surface area contributed by atoms with E-state index < -0.39 is 66.7 Å². The number of carbonyl (C=O) groups excluding carboxylic acids is 6. The van der Waals surface area contributed by atoms with Crippen molar-refractivity contribution >= 4 is 64.7 Å². The normalized spacial score (nSPS) is 12.0. The average molecular weight is 750 g/mol. The predicted molar refractivity (Wildman–Crippen MR) is 197 cm³/mol. The molecule has 53 heavy (non-hydrogen) atoms. The van der Waals surface area contributed by atoms with E-state index in [4.69, 9.17) is 46.0 Å². The van der Waals surface area contributed by atoms with Crippen molar-refractivity contribution in [1.29, 1.82) is 0 Å². The fourth-order valence-corrected chi connectivity index (χ4v) is 4.50. The standard InChI is InChI=1S/C29H52N18O6/c30-16-12-15(7-8-17(16)47-38)24(51)43-13-21(48)42-14-22(49)44-19(5-2-10-40-28(34)35)25(52)46-20(6-3-11-41-29(36)37)26(53)45-18(23(31)50)4-1-9-39-27(32)33/h7-8,12,18-20,47H,1-6,9-11,13-14,30,38H2,(H2,31,50)(H,42,48)(H,43,51)(H,44,49)(H,45,53)(H,46,52)(H4,32,33,39)(H4,34,35,40)(H4,36,37,41)/p+1/t18-,19?,20-/m0/s1. The van der Waals surface area contributed by atoms with E-state index in [-0.39, 0.29) is 75.2 Å². The lowest BCUT2D eigenvalue weighted by atomic mass is 10.1. The number of nitrogen functional groups attached to an aromatic ring is 1. The number of nitrogens with zero attached hydrogens (tertiary/aromatic N) is 3. The van der Waals surface area contributed by atoms with Crippen molar-refractivity contribution in [3.8, 4) is 0 Å². The minimum Gasteiger partial charge on any atom is -0.370 e. The quantitative estimate of drug-likeness (QED) is 0.0154. The number of guanidine groups is 3. The summed E-state index contributed by atoms with van der Waals surface area (Å²) in [6.07, 6.45) is 0.906. The number of hydrogen-bond donors (Lipinski definition) is 15. The van der Waals surface area contributed by atoms with Crippen LogP contribution in [0, 0.1) is 0 Å². The molecule has 1 unspecified atom stereocenters. The molecule has 0 fully saturated rings. The summed E-state index contributed by atoms with van der Waals surface area (Å²) < 4.78 is 0. The van der Waals surface area contributed by atoms with Crippen molar-refractivity contribution < 1.29 is 34.5 Å². The van der Waals surface area contributed by atoms with E-state index in [0.717, 1.165) is 0 Å². The molecule has 25 N–H and O–H groups in total. The fraction of sp³-hybridized carbons (Fsp3) is 0.483. The highest BCUT2D eigenvalue weighted by molar-refractivity contribution is 5.98. The molecule has 24 heteroatoms. The number of rotatable bonds is 24. The molecule has 0 heterocycles. The number of benzene rings is 1. The first kappa shape index (κ1) is 44.6. The number of primary amides is 1. The monoisotopic (exact) mass is 749 g/mol. The second-order valence-corrected chi connectivity index (χ2v) is 11.5. The Labute approximate surface area is 305 Å². The third-order valence-electron chi connectivity index (χ3n) is 7.16. The summed E-state index contributed by atoms with van der Waals surface area (Å²) in [6, 6.07) is 0.931. The number of nitrogens with two attached hydrogens (primary N) is 8. The van der Waals surface area contributed by atoms with Gasteiger partial charge < -0.3 is 77.9 Å². The van der Waals surface area contributed by atoms with Gasteiger partial charge in [-0.2, -0.15) is 0 Å². The average Bonchev–Trinajstić information content (AvgIpc) is 3.09. The summed E-state index contributed by atoms with van der Waals surface area (Å²) in [5.74, 6) is 0.503. The van der Waals surface area contributed by atoms with Gasteiger partial charge in [-0.1, -0.05) is 0 Å². The molecular weight excluding hydrogens is 696 g/mol. The van der Waals surface area contributed by atoms with Crippen molar-refractivity contribution in [2.24, 2.45) is 61.0 Å². The van der Waals surface area contributed by atoms with Crippen LogP contribution in [0.25, 0.3) is 0 Å². The van der Waals surface area contributed by atoms with Crippen molar-refractivity contribution in [3.05, 3.63) is 23.8 Å². The maximum absolute atomic E-state index is 13.5. The number of carbonyl (C=O) groups is 6. The highest BCUT2D eigenvalue weighted by Gasteiger charge is 2.29. The van der Waals surface area contributed by atoms with Crippen LogP contribution in [0.4, 0.5) is 11.4 Å². The first-order chi connectivity index (χ1) is 25.0. The Hall–Kier alpha value is -6.43. The molecule has 0 bridgehead atoms. The Balaban J connectivity index is 2.99. The van der Waals surface area contributed by atoms with Gasteiger partial charge in [0.2, 0.25) is 29.5 Å². The smallest absolute Gasteiger partial charge is 0.251 e. The van der Waals surface area contributed by atoms with Crippen molar-refractivity contribution in [2.75, 3.05) is 38.1 Å². The summed E-state index contributed by atoms with van der Waals surface area (Å²) in [7, 11) is 0. The van der Waals surface area contributed by atoms with Crippen LogP contribution in [-0.2, 0) is 24.0 Å². The topological polar surface area (TPSA) is 447 Å². The zero-order valence-electron chi connectivity index (χ0n) is 29.4. The number of aliphatic imine (C=N–C) groups is 3. The molecule has 0 aliphatic rings. The highest BCUT2D eigenvalue weighted by atomic mass is 16.2. The molecule has 0 aromatic heterocycles. The second-order valence-electron chi connectivity index (χ2n) is 11.5. The van der Waals surface area contributed by atoms with Crippen LogP contribution in [0.2, 0.25) is 0 Å². The minimum absolute atomic E-state index is 0.0160. The largest absolute Gasteiger partial charge is 0.370 e. The van der Waals surface area contributed by atoms with Gasteiger partial charge in [-0.25, -0.2) is 0 Å². The molecule has 1 aromatic rings. The molecular formula is C29H53N18O6+. The Morgan fingerprint density at radius 2 is 1.08 bits per heavy atom. The van der Waals surface area contributed by atoms with Crippen LogP contribution in [0.3, 0.4) is 0 Å². The number of anilines is 1. The summed E-state index contributed by atoms with van der Waals surface area (Å²) in [5, 5.41) is 12.4. The van der Waals surface area contributed by atoms with Gasteiger partial charge >= 0.3 is 0 Å². The van der Waals surface area contributed by atoms with E-state index >= 15 is 0 Å². The van der Waals surface area contributed by atoms with Crippen molar-refractivity contribution in [2.45, 2.75) is 56.7 Å². The van der Waals surface area contributed by atoms with Gasteiger partial charge in [0.25, 0.3) is 5.91 Å². The molecule has 0 radical (unpaired) electrons. The number of quaternary nitrogens is 1. The van der Waals surface area contributed by atoms with E-state index in [1.807, 2.05) is 0 Å². The molecule has 6 amide bonds. The molecule has 0 saturated carbocycles. The Bertz CT molecular complexity index is 1500. The molecule has 0 aliphatic carbocycles. The van der Waals surface area contributed by atoms with E-state index in [1.165, 1.54) is 12.1 Å². The zero-order valence-corrected chi connectivity index (χ0v) is 29.4. The third-order valence-corrected chi connectivity index (χ3v) is 7.16. The van der Waals surface area contributed by atoms with E-state index in [9.17, 15) is 28.8 Å². The number of hydrogen-bond acceptors (Lipinski definition) is 11. The van der Waals surface area contributed by atoms with Crippen LogP contribution in [0.1, 0.15) is 48.9 Å². The van der Waals surface area contributed by atoms with Crippen molar-refractivity contribution in [3.63, 3.8) is 0 Å². The molecule has 1 rings (SSSR count). The minimum atomic E-state index is -1.23. The van der Waals surface area contributed by atoms with Crippen LogP contribution in [0.5, 0.6) is 0 Å². The van der Waals surface area contributed by atoms with Crippen LogP contribution >= 0.6 is 0 Å². The molecule has 0 aliphatic heterocycles. The summed E-state index contributed by atoms with van der Waals surface area (Å²) in [6.45, 7) is -0.615. The molecule has 24 nitrogen and oxygen atoms in total. The molecule has 0 saturated heterocycles. The number of nitrogens with one attached hydrogen (secondary N) is 6. The van der Waals surface area contributed by atoms with Gasteiger partial charge in [-0.05, 0) is 50.7 Å². The molecule has 0 spiro atoms. The number of hydrazine groups is 1. The van der Waals surface area contributed by atoms with Crippen molar-refractivity contribution in [1.82, 2.24) is 26.6 Å². The summed E-state index contributed by atoms with van der Waals surface area (Å²) >= 11 is 0. The third kappa shape index (κ3) is 18.9. The molecule has 294 valence electrons. The molecule has 3 atom stereocenters. The summed E-state index contributed by atoms with van der Waals surface area (Å²) in [4.78, 5) is 88.3. The van der Waals surface area contributed by atoms with Crippen LogP contribution in [-0.4, -0.2) is 104 Å². The maximum atomic E-state index is 13.5. The van der Waals surface area contributed by atoms with Crippen LogP contribution < -0.4 is 83.7 Å². The van der Waals surface area contributed by atoms with Gasteiger partial charge in [0.15, 0.2) is 23.6 Å². The lowest BCUT2D eigenvalue weighted by Crippen LogP contribution is -2.57. The van der Waals surface area contributed by atoms with E-state index in [2.05, 4.69) is 52.7 Å². The first-order valence-corrected chi connectivity index (χ1v) is 16.4. The van der Waals surface area contributed by atoms with E-state index in [1.54, 1.807) is 6.07 Å². The maximum Gasteiger partial charge on any atom is 0.251 e. The first-order valence-electron chi connectivity index (χ1n) is 16.4. The summed E-state index contributed by atoms with van der Waals surface area (Å²) in [5.41, 5.74) is 45.1. The SMILES string of the molecule is NNc1ccc(C(=O)NCC(=O)NCC(=O)NC(CCCN=C(N)N)C(=O)N[C@@H](CCCN=C(N)N)C(=O)N[C@@H](CCCN=C(N)N)C(N)=O)cc1[NH3+]. The van der Waals surface area contributed by atoms with Gasteiger partial charge in [0.1, 0.15) is 23.8 Å². The fourth-order valence-electron chi connectivity index (χ4n) is 4.50. The molecule has 1 aromatic carbocycles. The van der Waals surface area contributed by atoms with Gasteiger partial charge in [0.05, 0.1) is 13.1 Å². The predicted octanol–water partition coefficient (Wildman–Crippen LogP) is -7.21. The van der Waals surface area contributed by atoms with Crippen LogP contribution in [0.15, 0.2) is 33.2 Å². The van der Waals surface area contributed by atoms with Gasteiger partial charge in [-0.3, -0.25) is 49.6 Å². The van der Waals surface area contributed by atoms with Gasteiger partial charge in [0, 0.05) is 31.3 Å². The lowest BCUT2D eigenvalue weighted by Gasteiger charge is -2.25. The lowest BCUT2D eigenvalue weighted by molar-refractivity contribution is -0.253. The number of amides is 6. The van der Waals surface area contributed by atoms with E-state index in [0.29, 0.717) is 17.8 Å². The second kappa shape index (κ2) is 23.9. The Morgan fingerprint density at radius 1 is 0.623 bits per heavy atom.